The molecule has 0 saturated heterocycles. The van der Waals surface area contributed by atoms with Crippen molar-refractivity contribution in [3.05, 3.63) is 23.3 Å². The van der Waals surface area contributed by atoms with E-state index >= 15 is 0 Å². The van der Waals surface area contributed by atoms with Crippen molar-refractivity contribution < 1.29 is 30.0 Å². The fourth-order valence-corrected chi connectivity index (χ4v) is 6.92. The molecule has 4 rings (SSSR count). The Hall–Kier alpha value is -1.05. The Morgan fingerprint density at radius 3 is 2.44 bits per heavy atom. The van der Waals surface area contributed by atoms with Crippen LogP contribution in [0.5, 0.6) is 0 Å². The highest BCUT2D eigenvalue weighted by molar-refractivity contribution is 6.04. The van der Waals surface area contributed by atoms with Crippen molar-refractivity contribution in [3.8, 4) is 0 Å². The molecule has 4 aliphatic rings. The third kappa shape index (κ3) is 1.86. The quantitative estimate of drug-likeness (QED) is 0.524. The highest BCUT2D eigenvalue weighted by atomic mass is 16.5. The molecule has 0 spiro atoms. The number of fused-ring (bicyclic) bond motifs is 5. The number of Topliss-reactive ketones (excluding diaryl/α,β-unsaturated/α-hetero) is 1. The largest absolute Gasteiger partial charge is 0.392 e. The van der Waals surface area contributed by atoms with Gasteiger partial charge in [0.25, 0.3) is 0 Å². The predicted octanol–water partition coefficient (Wildman–Crippen LogP) is 0.584. The summed E-state index contributed by atoms with van der Waals surface area (Å²) in [6.45, 7) is 7.12. The molecular weight excluding hydrogens is 348 g/mol. The van der Waals surface area contributed by atoms with Crippen molar-refractivity contribution >= 4 is 5.78 Å². The first kappa shape index (κ1) is 19.3. The van der Waals surface area contributed by atoms with Gasteiger partial charge in [-0.25, -0.2) is 0 Å². The van der Waals surface area contributed by atoms with E-state index < -0.39 is 51.9 Å². The molecule has 0 aromatic carbocycles. The van der Waals surface area contributed by atoms with Crippen LogP contribution in [0.25, 0.3) is 0 Å². The molecule has 6 nitrogen and oxygen atoms in total. The average molecular weight is 378 g/mol. The third-order valence-corrected chi connectivity index (χ3v) is 8.33. The molecule has 0 amide bonds. The lowest BCUT2D eigenvalue weighted by molar-refractivity contribution is -0.214. The van der Waals surface area contributed by atoms with Gasteiger partial charge in [0.15, 0.2) is 5.78 Å². The first-order chi connectivity index (χ1) is 12.4. The number of hydrogen-bond acceptors (Lipinski definition) is 6. The van der Waals surface area contributed by atoms with Crippen molar-refractivity contribution in [2.45, 2.75) is 57.0 Å². The monoisotopic (exact) mass is 378 g/mol. The van der Waals surface area contributed by atoms with Crippen molar-refractivity contribution in [2.24, 2.45) is 29.1 Å². The first-order valence-electron chi connectivity index (χ1n) is 9.66. The van der Waals surface area contributed by atoms with Gasteiger partial charge in [-0.1, -0.05) is 32.9 Å². The number of hydrogen-bond donors (Lipinski definition) is 4. The Kier molecular flexibility index (Phi) is 3.79. The Morgan fingerprint density at radius 1 is 1.26 bits per heavy atom. The zero-order chi connectivity index (χ0) is 20.2. The Bertz CT molecular complexity index is 769. The van der Waals surface area contributed by atoms with Crippen LogP contribution in [0, 0.1) is 29.1 Å². The molecule has 0 aliphatic heterocycles. The number of aliphatic hydroxyl groups excluding tert-OH is 2. The van der Waals surface area contributed by atoms with Crippen LogP contribution in [0.4, 0.5) is 0 Å². The van der Waals surface area contributed by atoms with Gasteiger partial charge in [0, 0.05) is 42.6 Å². The molecule has 0 aromatic rings. The topological polar surface area (TPSA) is 107 Å². The highest BCUT2D eigenvalue weighted by Crippen LogP contribution is 2.76. The van der Waals surface area contributed by atoms with Gasteiger partial charge in [0.1, 0.15) is 11.2 Å². The SMILES string of the molecule is COC12C([C@@H]3C=C(CO)C[C@]4(O)C(=O)C(C)=C[C@H]4[C@@]3(O)[C@H](C)[C@H]1O)C2(C)C. The minimum atomic E-state index is -1.80. The van der Waals surface area contributed by atoms with Gasteiger partial charge in [0.05, 0.1) is 18.3 Å². The molecule has 0 heterocycles. The van der Waals surface area contributed by atoms with Gasteiger partial charge in [-0.05, 0) is 18.1 Å². The summed E-state index contributed by atoms with van der Waals surface area (Å²) < 4.78 is 5.84. The number of methoxy groups -OCH3 is 1. The second-order valence-corrected chi connectivity index (χ2v) is 9.58. The predicted molar refractivity (Wildman–Crippen MR) is 97.6 cm³/mol. The Labute approximate surface area is 159 Å². The van der Waals surface area contributed by atoms with Crippen LogP contribution in [-0.2, 0) is 9.53 Å². The fourth-order valence-electron chi connectivity index (χ4n) is 6.92. The van der Waals surface area contributed by atoms with Crippen LogP contribution in [0.15, 0.2) is 23.3 Å². The first-order valence-corrected chi connectivity index (χ1v) is 9.66. The van der Waals surface area contributed by atoms with Crippen LogP contribution in [0.2, 0.25) is 0 Å². The zero-order valence-corrected chi connectivity index (χ0v) is 16.6. The normalized spacial score (nSPS) is 52.9. The molecule has 4 N–H and O–H groups in total. The molecule has 2 fully saturated rings. The lowest BCUT2D eigenvalue weighted by Crippen LogP contribution is -2.65. The third-order valence-electron chi connectivity index (χ3n) is 8.33. The van der Waals surface area contributed by atoms with Crippen LogP contribution in [0.3, 0.4) is 0 Å². The van der Waals surface area contributed by atoms with Crippen LogP contribution >= 0.6 is 0 Å². The second-order valence-electron chi connectivity index (χ2n) is 9.58. The summed E-state index contributed by atoms with van der Waals surface area (Å²) in [6.07, 6.45) is 2.52. The summed E-state index contributed by atoms with van der Waals surface area (Å²) in [6, 6.07) is 0. The van der Waals surface area contributed by atoms with Crippen molar-refractivity contribution in [2.75, 3.05) is 13.7 Å². The molecule has 4 aliphatic carbocycles. The molecule has 6 heteroatoms. The fraction of sp³-hybridized carbons (Fsp3) is 0.762. The van der Waals surface area contributed by atoms with Crippen LogP contribution in [-0.4, -0.2) is 62.8 Å². The molecule has 8 atom stereocenters. The molecule has 27 heavy (non-hydrogen) atoms. The summed E-state index contributed by atoms with van der Waals surface area (Å²) in [5.41, 5.74) is -3.58. The van der Waals surface area contributed by atoms with E-state index in [0.29, 0.717) is 11.1 Å². The van der Waals surface area contributed by atoms with Crippen molar-refractivity contribution in [1.29, 1.82) is 0 Å². The lowest BCUT2D eigenvalue weighted by Gasteiger charge is -2.52. The van der Waals surface area contributed by atoms with Crippen LogP contribution in [0.1, 0.15) is 34.1 Å². The van der Waals surface area contributed by atoms with E-state index in [1.807, 2.05) is 19.9 Å². The Morgan fingerprint density at radius 2 is 1.89 bits per heavy atom. The minimum absolute atomic E-state index is 0.0183. The number of aliphatic hydroxyl groups is 4. The number of ether oxygens (including phenoxy) is 1. The summed E-state index contributed by atoms with van der Waals surface area (Å²) in [4.78, 5) is 12.8. The smallest absolute Gasteiger partial charge is 0.190 e. The molecular formula is C21H30O6. The Balaban J connectivity index is 1.96. The van der Waals surface area contributed by atoms with E-state index in [-0.39, 0.29) is 18.9 Å². The lowest BCUT2D eigenvalue weighted by atomic mass is 9.59. The maximum Gasteiger partial charge on any atom is 0.190 e. The number of carbonyl (C=O) groups is 1. The van der Waals surface area contributed by atoms with E-state index in [4.69, 9.17) is 4.74 Å². The summed E-state index contributed by atoms with van der Waals surface area (Å²) in [7, 11) is 1.58. The molecule has 2 unspecified atom stereocenters. The summed E-state index contributed by atoms with van der Waals surface area (Å²) >= 11 is 0. The minimum Gasteiger partial charge on any atom is -0.392 e. The van der Waals surface area contributed by atoms with Crippen molar-refractivity contribution in [1.82, 2.24) is 0 Å². The van der Waals surface area contributed by atoms with E-state index in [9.17, 15) is 25.2 Å². The summed E-state index contributed by atoms with van der Waals surface area (Å²) in [5, 5.41) is 44.5. The average Bonchev–Trinajstić information content (AvgIpc) is 3.08. The van der Waals surface area contributed by atoms with Gasteiger partial charge in [-0.2, -0.15) is 0 Å². The number of rotatable bonds is 2. The second kappa shape index (κ2) is 5.30. The molecule has 0 bridgehead atoms. The maximum absolute atomic E-state index is 12.8. The maximum atomic E-state index is 12.8. The summed E-state index contributed by atoms with van der Waals surface area (Å²) in [5.74, 6) is -2.55. The van der Waals surface area contributed by atoms with Gasteiger partial charge < -0.3 is 25.2 Å². The van der Waals surface area contributed by atoms with Crippen LogP contribution < -0.4 is 0 Å². The van der Waals surface area contributed by atoms with E-state index in [2.05, 4.69) is 0 Å². The van der Waals surface area contributed by atoms with Gasteiger partial charge in [-0.3, -0.25) is 4.79 Å². The van der Waals surface area contributed by atoms with Gasteiger partial charge in [0.2, 0.25) is 0 Å². The van der Waals surface area contributed by atoms with Gasteiger partial charge in [-0.15, -0.1) is 0 Å². The molecule has 0 aromatic heterocycles. The number of carbonyl (C=O) groups excluding carboxylic acids is 1. The number of ketones is 1. The van der Waals surface area contributed by atoms with E-state index in [1.165, 1.54) is 0 Å². The van der Waals surface area contributed by atoms with E-state index in [1.54, 1.807) is 27.0 Å². The van der Waals surface area contributed by atoms with Gasteiger partial charge >= 0.3 is 0 Å². The zero-order valence-electron chi connectivity index (χ0n) is 16.6. The standard InChI is InChI=1S/C21H30O6/c1-10-6-14-19(25,16(10)23)8-12(9-22)7-13-15-18(3,4)21(15,27-5)17(24)11(2)20(13,14)26/h6-7,11,13-15,17,22,24-26H,8-9H2,1-5H3/t11-,13+,14-,15?,17-,19-,20-,21?/m1/s1. The highest BCUT2D eigenvalue weighted by Gasteiger charge is 2.85. The molecule has 150 valence electrons. The molecule has 2 saturated carbocycles. The molecule has 0 radical (unpaired) electrons. The van der Waals surface area contributed by atoms with Crippen molar-refractivity contribution in [3.63, 3.8) is 0 Å². The van der Waals surface area contributed by atoms with E-state index in [0.717, 1.165) is 0 Å².